The predicted octanol–water partition coefficient (Wildman–Crippen LogP) is 2.50. The van der Waals surface area contributed by atoms with E-state index < -0.39 is 28.6 Å². The summed E-state index contributed by atoms with van der Waals surface area (Å²) < 4.78 is 0. The normalized spacial score (nSPS) is 14.9. The predicted molar refractivity (Wildman–Crippen MR) is 79.9 cm³/mol. The van der Waals surface area contributed by atoms with Crippen LogP contribution in [0.1, 0.15) is 30.6 Å². The smallest absolute Gasteiger partial charge is 0.329 e. The van der Waals surface area contributed by atoms with Crippen LogP contribution in [0.3, 0.4) is 0 Å². The molecule has 0 radical (unpaired) electrons. The van der Waals surface area contributed by atoms with Crippen molar-refractivity contribution in [2.75, 3.05) is 0 Å². The van der Waals surface area contributed by atoms with Crippen molar-refractivity contribution in [1.29, 1.82) is 0 Å². The van der Waals surface area contributed by atoms with Crippen LogP contribution in [0.2, 0.25) is 5.02 Å². The first-order valence-corrected chi connectivity index (χ1v) is 7.02. The SMILES string of the molecule is CCC(C)(NC(=O)c1cccc(Cl)c1)C(=O)C(Cl)C(=O)O. The molecule has 2 unspecified atom stereocenters. The fourth-order valence-corrected chi connectivity index (χ4v) is 2.10. The largest absolute Gasteiger partial charge is 0.480 e. The van der Waals surface area contributed by atoms with Gasteiger partial charge in [-0.25, -0.2) is 0 Å². The van der Waals surface area contributed by atoms with Gasteiger partial charge in [-0.15, -0.1) is 11.6 Å². The molecule has 0 saturated carbocycles. The Labute approximate surface area is 132 Å². The third kappa shape index (κ3) is 4.19. The summed E-state index contributed by atoms with van der Waals surface area (Å²) >= 11 is 11.4. The second-order valence-corrected chi connectivity index (χ2v) is 5.59. The van der Waals surface area contributed by atoms with E-state index in [9.17, 15) is 14.4 Å². The zero-order chi connectivity index (χ0) is 16.2. The van der Waals surface area contributed by atoms with Gasteiger partial charge in [0, 0.05) is 10.6 Å². The number of amides is 1. The number of benzene rings is 1. The van der Waals surface area contributed by atoms with E-state index in [2.05, 4.69) is 5.32 Å². The number of Topliss-reactive ketones (excluding diaryl/α,β-unsaturated/α-hetero) is 1. The summed E-state index contributed by atoms with van der Waals surface area (Å²) in [5.41, 5.74) is -1.10. The number of ketones is 1. The first kappa shape index (κ1) is 17.5. The first-order chi connectivity index (χ1) is 9.71. The minimum Gasteiger partial charge on any atom is -0.480 e. The van der Waals surface area contributed by atoms with E-state index in [1.54, 1.807) is 19.1 Å². The Bertz CT molecular complexity index is 576. The molecule has 2 atom stereocenters. The molecule has 0 heterocycles. The lowest BCUT2D eigenvalue weighted by Crippen LogP contribution is -2.55. The van der Waals surface area contributed by atoms with Gasteiger partial charge in [0.1, 0.15) is 0 Å². The number of nitrogens with one attached hydrogen (secondary N) is 1. The van der Waals surface area contributed by atoms with Crippen LogP contribution < -0.4 is 5.32 Å². The minimum absolute atomic E-state index is 0.203. The Balaban J connectivity index is 2.98. The van der Waals surface area contributed by atoms with E-state index in [0.717, 1.165) is 0 Å². The molecule has 0 aliphatic rings. The zero-order valence-electron chi connectivity index (χ0n) is 11.5. The maximum atomic E-state index is 12.2. The Kier molecular flexibility index (Phi) is 5.75. The van der Waals surface area contributed by atoms with Crippen molar-refractivity contribution < 1.29 is 19.5 Å². The van der Waals surface area contributed by atoms with Crippen LogP contribution in [-0.4, -0.2) is 33.7 Å². The average Bonchev–Trinajstić information content (AvgIpc) is 2.45. The first-order valence-electron chi connectivity index (χ1n) is 6.20. The Morgan fingerprint density at radius 1 is 1.38 bits per heavy atom. The number of hydrogen-bond donors (Lipinski definition) is 2. The van der Waals surface area contributed by atoms with Gasteiger partial charge in [0.05, 0.1) is 5.54 Å². The van der Waals surface area contributed by atoms with Crippen LogP contribution in [0.25, 0.3) is 0 Å². The van der Waals surface area contributed by atoms with E-state index >= 15 is 0 Å². The molecule has 0 spiro atoms. The standard InChI is InChI=1S/C14H15Cl2NO4/c1-3-14(2,11(18)10(16)13(20)21)17-12(19)8-5-4-6-9(15)7-8/h4-7,10H,3H2,1-2H3,(H,17,19)(H,20,21). The Morgan fingerprint density at radius 2 is 2.00 bits per heavy atom. The van der Waals surface area contributed by atoms with Gasteiger partial charge in [0.2, 0.25) is 0 Å². The fourth-order valence-electron chi connectivity index (χ4n) is 1.67. The van der Waals surface area contributed by atoms with Crippen molar-refractivity contribution in [3.8, 4) is 0 Å². The second kappa shape index (κ2) is 6.91. The summed E-state index contributed by atoms with van der Waals surface area (Å²) in [6.45, 7) is 3.09. The van der Waals surface area contributed by atoms with Gasteiger partial charge in [-0.1, -0.05) is 24.6 Å². The van der Waals surface area contributed by atoms with Crippen LogP contribution in [0.4, 0.5) is 0 Å². The molecular weight excluding hydrogens is 317 g/mol. The summed E-state index contributed by atoms with van der Waals surface area (Å²) in [6, 6.07) is 6.20. The highest BCUT2D eigenvalue weighted by Crippen LogP contribution is 2.18. The number of carbonyl (C=O) groups is 3. The van der Waals surface area contributed by atoms with Gasteiger partial charge in [-0.05, 0) is 31.5 Å². The van der Waals surface area contributed by atoms with E-state index in [0.29, 0.717) is 5.02 Å². The lowest BCUT2D eigenvalue weighted by atomic mass is 9.90. The van der Waals surface area contributed by atoms with Crippen molar-refractivity contribution in [2.24, 2.45) is 0 Å². The van der Waals surface area contributed by atoms with Crippen molar-refractivity contribution in [1.82, 2.24) is 5.32 Å². The van der Waals surface area contributed by atoms with Crippen molar-refractivity contribution >= 4 is 40.9 Å². The summed E-state index contributed by atoms with van der Waals surface area (Å²) in [5.74, 6) is -2.74. The number of carboxylic acids is 1. The summed E-state index contributed by atoms with van der Waals surface area (Å²) in [7, 11) is 0. The van der Waals surface area contributed by atoms with E-state index in [4.69, 9.17) is 28.3 Å². The van der Waals surface area contributed by atoms with Crippen molar-refractivity contribution in [3.63, 3.8) is 0 Å². The highest BCUT2D eigenvalue weighted by Gasteiger charge is 2.40. The number of rotatable bonds is 6. The fraction of sp³-hybridized carbons (Fsp3) is 0.357. The third-order valence-corrected chi connectivity index (χ3v) is 3.79. The number of alkyl halides is 1. The van der Waals surface area contributed by atoms with Crippen LogP contribution >= 0.6 is 23.2 Å². The maximum absolute atomic E-state index is 12.2. The van der Waals surface area contributed by atoms with Crippen molar-refractivity contribution in [3.05, 3.63) is 34.9 Å². The lowest BCUT2D eigenvalue weighted by Gasteiger charge is -2.29. The molecule has 2 N–H and O–H groups in total. The number of carbonyl (C=O) groups excluding carboxylic acids is 2. The quantitative estimate of drug-likeness (QED) is 0.619. The Morgan fingerprint density at radius 3 is 2.48 bits per heavy atom. The number of carboxylic acid groups (broad SMARTS) is 1. The number of hydrogen-bond acceptors (Lipinski definition) is 3. The molecule has 5 nitrogen and oxygen atoms in total. The molecule has 0 bridgehead atoms. The van der Waals surface area contributed by atoms with E-state index in [1.165, 1.54) is 19.1 Å². The van der Waals surface area contributed by atoms with Gasteiger partial charge >= 0.3 is 5.97 Å². The Hall–Kier alpha value is -1.59. The monoisotopic (exact) mass is 331 g/mol. The second-order valence-electron chi connectivity index (χ2n) is 4.72. The number of halogens is 2. The van der Waals surface area contributed by atoms with Gasteiger partial charge < -0.3 is 10.4 Å². The molecule has 21 heavy (non-hydrogen) atoms. The molecule has 7 heteroatoms. The van der Waals surface area contributed by atoms with Crippen molar-refractivity contribution in [2.45, 2.75) is 31.2 Å². The third-order valence-electron chi connectivity index (χ3n) is 3.17. The molecule has 0 fully saturated rings. The highest BCUT2D eigenvalue weighted by atomic mass is 35.5. The van der Waals surface area contributed by atoms with Crippen LogP contribution in [0.5, 0.6) is 0 Å². The van der Waals surface area contributed by atoms with E-state index in [-0.39, 0.29) is 12.0 Å². The summed E-state index contributed by atoms with van der Waals surface area (Å²) in [6.07, 6.45) is 0.203. The van der Waals surface area contributed by atoms with Gasteiger partial charge in [-0.3, -0.25) is 14.4 Å². The topological polar surface area (TPSA) is 83.5 Å². The van der Waals surface area contributed by atoms with Gasteiger partial charge in [0.25, 0.3) is 5.91 Å². The molecule has 1 aromatic carbocycles. The van der Waals surface area contributed by atoms with Crippen LogP contribution in [-0.2, 0) is 9.59 Å². The molecule has 1 aromatic rings. The van der Waals surface area contributed by atoms with Gasteiger partial charge in [0.15, 0.2) is 11.2 Å². The molecule has 0 aromatic heterocycles. The number of aliphatic carboxylic acids is 1. The summed E-state index contributed by atoms with van der Waals surface area (Å²) in [4.78, 5) is 35.1. The minimum atomic E-state index is -1.71. The molecule has 0 saturated heterocycles. The van der Waals surface area contributed by atoms with Crippen LogP contribution in [0, 0.1) is 0 Å². The average molecular weight is 332 g/mol. The van der Waals surface area contributed by atoms with Crippen LogP contribution in [0.15, 0.2) is 24.3 Å². The molecule has 0 aliphatic carbocycles. The van der Waals surface area contributed by atoms with Gasteiger partial charge in [-0.2, -0.15) is 0 Å². The van der Waals surface area contributed by atoms with E-state index in [1.807, 2.05) is 0 Å². The maximum Gasteiger partial charge on any atom is 0.329 e. The highest BCUT2D eigenvalue weighted by molar-refractivity contribution is 6.42. The molecule has 0 aliphatic heterocycles. The lowest BCUT2D eigenvalue weighted by molar-refractivity contribution is -0.141. The summed E-state index contributed by atoms with van der Waals surface area (Å²) in [5, 5.41) is 10.0. The molecular formula is C14H15Cl2NO4. The zero-order valence-corrected chi connectivity index (χ0v) is 13.0. The molecule has 114 valence electrons. The molecule has 1 rings (SSSR count). The molecule has 1 amide bonds.